The van der Waals surface area contributed by atoms with Crippen LogP contribution >= 0.6 is 11.6 Å². The summed E-state index contributed by atoms with van der Waals surface area (Å²) < 4.78 is 10.1. The van der Waals surface area contributed by atoms with Gasteiger partial charge in [-0.1, -0.05) is 37.1 Å². The third kappa shape index (κ3) is 7.71. The zero-order valence-corrected chi connectivity index (χ0v) is 13.0. The van der Waals surface area contributed by atoms with Crippen molar-refractivity contribution < 1.29 is 19.1 Å². The number of rotatable bonds is 9. The third-order valence-corrected chi connectivity index (χ3v) is 3.10. The minimum absolute atomic E-state index is 0.171. The van der Waals surface area contributed by atoms with Crippen LogP contribution in [0.1, 0.15) is 45.4 Å². The quantitative estimate of drug-likeness (QED) is 0.390. The van der Waals surface area contributed by atoms with Gasteiger partial charge in [0.05, 0.1) is 11.6 Å². The molecule has 0 bridgehead atoms. The maximum Gasteiger partial charge on any atom is 0.311 e. The number of unbranched alkanes of at least 4 members (excludes halogenated alkanes) is 2. The van der Waals surface area contributed by atoms with Crippen molar-refractivity contribution in [2.24, 2.45) is 0 Å². The molecule has 4 nitrogen and oxygen atoms in total. The van der Waals surface area contributed by atoms with Gasteiger partial charge < -0.3 is 9.47 Å². The molecule has 0 heterocycles. The van der Waals surface area contributed by atoms with Gasteiger partial charge in [0.15, 0.2) is 0 Å². The lowest BCUT2D eigenvalue weighted by atomic mass is 10.1. The number of carbonyl (C=O) groups is 2. The van der Waals surface area contributed by atoms with Gasteiger partial charge in [-0.3, -0.25) is 9.59 Å². The summed E-state index contributed by atoms with van der Waals surface area (Å²) in [6, 6.07) is 6.86. The number of hydrogen-bond donors (Lipinski definition) is 0. The molecule has 0 radical (unpaired) electrons. The number of halogens is 1. The summed E-state index contributed by atoms with van der Waals surface area (Å²) in [5.41, 5.74) is 0. The molecule has 0 saturated carbocycles. The summed E-state index contributed by atoms with van der Waals surface area (Å²) in [7, 11) is 0. The van der Waals surface area contributed by atoms with Crippen LogP contribution in [0.15, 0.2) is 24.3 Å². The van der Waals surface area contributed by atoms with Gasteiger partial charge in [-0.15, -0.1) is 0 Å². The molecule has 0 fully saturated rings. The van der Waals surface area contributed by atoms with Crippen molar-refractivity contribution in [3.8, 4) is 5.75 Å². The van der Waals surface area contributed by atoms with Crippen LogP contribution in [0.2, 0.25) is 5.02 Å². The van der Waals surface area contributed by atoms with Gasteiger partial charge in [0, 0.05) is 12.8 Å². The number of hydrogen-bond acceptors (Lipinski definition) is 4. The van der Waals surface area contributed by atoms with Crippen LogP contribution in [0.4, 0.5) is 0 Å². The second-order valence-corrected chi connectivity index (χ2v) is 5.09. The van der Waals surface area contributed by atoms with E-state index < -0.39 is 0 Å². The number of ether oxygens (including phenoxy) is 2. The zero-order valence-electron chi connectivity index (χ0n) is 12.3. The summed E-state index contributed by atoms with van der Waals surface area (Å²) in [6.45, 7) is 2.43. The highest BCUT2D eigenvalue weighted by Crippen LogP contribution is 2.23. The smallest absolute Gasteiger partial charge is 0.311 e. The minimum atomic E-state index is -0.309. The number of para-hydroxylation sites is 1. The Morgan fingerprint density at radius 1 is 1.05 bits per heavy atom. The molecule has 0 N–H and O–H groups in total. The monoisotopic (exact) mass is 312 g/mol. The normalized spacial score (nSPS) is 10.2. The predicted octanol–water partition coefficient (Wildman–Crippen LogP) is 4.15. The Hall–Kier alpha value is -1.55. The maximum atomic E-state index is 11.6. The lowest BCUT2D eigenvalue weighted by Crippen LogP contribution is -2.08. The SMILES string of the molecule is CCCOC(=O)CCCCCC(=O)Oc1ccccc1Cl. The molecule has 0 saturated heterocycles. The van der Waals surface area contributed by atoms with Crippen molar-refractivity contribution in [2.45, 2.75) is 45.4 Å². The Kier molecular flexibility index (Phi) is 8.51. The number of carbonyl (C=O) groups excluding carboxylic acids is 2. The summed E-state index contributed by atoms with van der Waals surface area (Å²) in [5.74, 6) is -0.0977. The molecule has 1 aromatic carbocycles. The first-order valence-corrected chi connectivity index (χ1v) is 7.62. The standard InChI is InChI=1S/C16H21ClO4/c1-2-12-20-15(18)10-4-3-5-11-16(19)21-14-9-7-6-8-13(14)17/h6-9H,2-5,10-12H2,1H3. The Bertz CT molecular complexity index is 459. The Morgan fingerprint density at radius 2 is 1.71 bits per heavy atom. The zero-order chi connectivity index (χ0) is 15.5. The van der Waals surface area contributed by atoms with Gasteiger partial charge in [-0.2, -0.15) is 0 Å². The van der Waals surface area contributed by atoms with Crippen molar-refractivity contribution in [3.05, 3.63) is 29.3 Å². The molecule has 5 heteroatoms. The second-order valence-electron chi connectivity index (χ2n) is 4.69. The Balaban J connectivity index is 2.11. The van der Waals surface area contributed by atoms with E-state index in [0.29, 0.717) is 36.6 Å². The molecule has 116 valence electrons. The molecule has 0 aliphatic carbocycles. The molecule has 0 aromatic heterocycles. The van der Waals surface area contributed by atoms with E-state index >= 15 is 0 Å². The van der Waals surface area contributed by atoms with Crippen molar-refractivity contribution in [3.63, 3.8) is 0 Å². The first-order valence-electron chi connectivity index (χ1n) is 7.24. The second kappa shape index (κ2) is 10.2. The highest BCUT2D eigenvalue weighted by molar-refractivity contribution is 6.32. The van der Waals surface area contributed by atoms with Crippen molar-refractivity contribution in [1.82, 2.24) is 0 Å². The molecule has 21 heavy (non-hydrogen) atoms. The fraction of sp³-hybridized carbons (Fsp3) is 0.500. The lowest BCUT2D eigenvalue weighted by molar-refractivity contribution is -0.143. The van der Waals surface area contributed by atoms with E-state index in [4.69, 9.17) is 21.1 Å². The Labute approximate surface area is 130 Å². The first-order chi connectivity index (χ1) is 10.1. The van der Waals surface area contributed by atoms with Gasteiger partial charge >= 0.3 is 11.9 Å². The molecule has 0 unspecified atom stereocenters. The number of esters is 2. The highest BCUT2D eigenvalue weighted by Gasteiger charge is 2.08. The Morgan fingerprint density at radius 3 is 2.38 bits per heavy atom. The molecular formula is C16H21ClO4. The fourth-order valence-corrected chi connectivity index (χ4v) is 1.88. The predicted molar refractivity (Wildman–Crippen MR) is 81.4 cm³/mol. The first kappa shape index (κ1) is 17.5. The fourth-order valence-electron chi connectivity index (χ4n) is 1.70. The minimum Gasteiger partial charge on any atom is -0.466 e. The lowest BCUT2D eigenvalue weighted by Gasteiger charge is -2.06. The van der Waals surface area contributed by atoms with E-state index in [-0.39, 0.29) is 11.9 Å². The summed E-state index contributed by atoms with van der Waals surface area (Å²) in [4.78, 5) is 22.9. The van der Waals surface area contributed by atoms with Gasteiger partial charge in [0.2, 0.25) is 0 Å². The molecule has 1 aromatic rings. The molecular weight excluding hydrogens is 292 g/mol. The van der Waals surface area contributed by atoms with Crippen LogP contribution in [-0.2, 0) is 14.3 Å². The van der Waals surface area contributed by atoms with E-state index in [0.717, 1.165) is 19.3 Å². The molecule has 0 aliphatic heterocycles. The van der Waals surface area contributed by atoms with Gasteiger partial charge in [-0.05, 0) is 31.4 Å². The average Bonchev–Trinajstić information content (AvgIpc) is 2.47. The highest BCUT2D eigenvalue weighted by atomic mass is 35.5. The van der Waals surface area contributed by atoms with E-state index in [1.54, 1.807) is 24.3 Å². The van der Waals surface area contributed by atoms with Gasteiger partial charge in [0.25, 0.3) is 0 Å². The topological polar surface area (TPSA) is 52.6 Å². The average molecular weight is 313 g/mol. The largest absolute Gasteiger partial charge is 0.466 e. The summed E-state index contributed by atoms with van der Waals surface area (Å²) in [6.07, 6.45) is 3.75. The van der Waals surface area contributed by atoms with E-state index in [2.05, 4.69) is 0 Å². The van der Waals surface area contributed by atoms with Crippen molar-refractivity contribution in [1.29, 1.82) is 0 Å². The molecule has 0 spiro atoms. The maximum absolute atomic E-state index is 11.6. The summed E-state index contributed by atoms with van der Waals surface area (Å²) in [5, 5.41) is 0.421. The van der Waals surface area contributed by atoms with Crippen molar-refractivity contribution in [2.75, 3.05) is 6.61 Å². The van der Waals surface area contributed by atoms with E-state index in [1.807, 2.05) is 6.92 Å². The van der Waals surface area contributed by atoms with E-state index in [1.165, 1.54) is 0 Å². The molecule has 1 rings (SSSR count). The van der Waals surface area contributed by atoms with Gasteiger partial charge in [0.1, 0.15) is 5.75 Å². The third-order valence-electron chi connectivity index (χ3n) is 2.79. The van der Waals surface area contributed by atoms with Crippen LogP contribution in [-0.4, -0.2) is 18.5 Å². The van der Waals surface area contributed by atoms with Crippen LogP contribution < -0.4 is 4.74 Å². The summed E-state index contributed by atoms with van der Waals surface area (Å²) >= 11 is 5.90. The molecule has 0 amide bonds. The van der Waals surface area contributed by atoms with E-state index in [9.17, 15) is 9.59 Å². The van der Waals surface area contributed by atoms with Crippen LogP contribution in [0.5, 0.6) is 5.75 Å². The van der Waals surface area contributed by atoms with Crippen LogP contribution in [0.3, 0.4) is 0 Å². The number of benzene rings is 1. The molecule has 0 aliphatic rings. The van der Waals surface area contributed by atoms with Crippen LogP contribution in [0, 0.1) is 0 Å². The van der Waals surface area contributed by atoms with Crippen molar-refractivity contribution >= 4 is 23.5 Å². The molecule has 0 atom stereocenters. The van der Waals surface area contributed by atoms with Gasteiger partial charge in [-0.25, -0.2) is 0 Å². The van der Waals surface area contributed by atoms with Crippen LogP contribution in [0.25, 0.3) is 0 Å².